The van der Waals surface area contributed by atoms with Gasteiger partial charge in [0, 0.05) is 28.1 Å². The predicted molar refractivity (Wildman–Crippen MR) is 96.4 cm³/mol. The lowest BCUT2D eigenvalue weighted by molar-refractivity contribution is 1.18. The van der Waals surface area contributed by atoms with Gasteiger partial charge in [-0.15, -0.1) is 5.10 Å². The minimum Gasteiger partial charge on any atom is -0.362 e. The second kappa shape index (κ2) is 6.88. The third-order valence-corrected chi connectivity index (χ3v) is 3.64. The third-order valence-electron chi connectivity index (χ3n) is 3.64. The summed E-state index contributed by atoms with van der Waals surface area (Å²) >= 11 is 0. The minimum atomic E-state index is 0.868. The Morgan fingerprint density at radius 1 is 0.870 bits per heavy atom. The van der Waals surface area contributed by atoms with Gasteiger partial charge in [0.25, 0.3) is 0 Å². The van der Waals surface area contributed by atoms with Crippen molar-refractivity contribution in [2.24, 2.45) is 10.2 Å². The lowest BCUT2D eigenvalue weighted by Crippen LogP contribution is -2.02. The van der Waals surface area contributed by atoms with Gasteiger partial charge in [0.15, 0.2) is 0 Å². The minimum absolute atomic E-state index is 0.868. The quantitative estimate of drug-likeness (QED) is 0.544. The molecule has 0 saturated heterocycles. The molecule has 0 aliphatic carbocycles. The highest BCUT2D eigenvalue weighted by molar-refractivity contribution is 6.12. The average molecular weight is 301 g/mol. The van der Waals surface area contributed by atoms with Crippen LogP contribution in [0.1, 0.15) is 28.1 Å². The Bertz CT molecular complexity index is 786. The molecule has 0 unspecified atom stereocenters. The highest BCUT2D eigenvalue weighted by atomic mass is 15.2. The molecule has 0 aliphatic heterocycles. The molecule has 3 aromatic rings. The van der Waals surface area contributed by atoms with Gasteiger partial charge in [0.05, 0.1) is 6.21 Å². The summed E-state index contributed by atoms with van der Waals surface area (Å²) in [6, 6.07) is 22.3. The summed E-state index contributed by atoms with van der Waals surface area (Å²) in [5.41, 5.74) is 6.26. The zero-order valence-electron chi connectivity index (χ0n) is 13.3. The molecule has 0 spiro atoms. The summed E-state index contributed by atoms with van der Waals surface area (Å²) in [4.78, 5) is 3.27. The Morgan fingerprint density at radius 2 is 1.43 bits per heavy atom. The summed E-state index contributed by atoms with van der Waals surface area (Å²) in [5.74, 6) is 0. The molecular weight excluding hydrogens is 282 g/mol. The van der Waals surface area contributed by atoms with Gasteiger partial charge in [0.1, 0.15) is 5.71 Å². The standard InChI is InChI=1S/C20H19N3/c1-15-13-19(16(2)22-15)14-21-23-20(17-9-5-3-6-10-17)18-11-7-4-8-12-18/h3-14,22H,1-2H3/b21-14+. The number of rotatable bonds is 4. The van der Waals surface area contributed by atoms with E-state index in [1.807, 2.05) is 74.5 Å². The zero-order chi connectivity index (χ0) is 16.1. The van der Waals surface area contributed by atoms with Crippen LogP contribution in [0, 0.1) is 13.8 Å². The van der Waals surface area contributed by atoms with Crippen molar-refractivity contribution in [3.63, 3.8) is 0 Å². The Kier molecular flexibility index (Phi) is 4.48. The van der Waals surface area contributed by atoms with E-state index in [9.17, 15) is 0 Å². The Hall–Kier alpha value is -2.94. The number of benzene rings is 2. The predicted octanol–water partition coefficient (Wildman–Crippen LogP) is 4.50. The van der Waals surface area contributed by atoms with Crippen LogP contribution in [0.25, 0.3) is 0 Å². The molecule has 2 aromatic carbocycles. The maximum atomic E-state index is 4.48. The first kappa shape index (κ1) is 15.0. The zero-order valence-corrected chi connectivity index (χ0v) is 13.3. The maximum absolute atomic E-state index is 4.48. The van der Waals surface area contributed by atoms with Crippen molar-refractivity contribution in [2.75, 3.05) is 0 Å². The highest BCUT2D eigenvalue weighted by Gasteiger charge is 2.06. The molecule has 3 rings (SSSR count). The fourth-order valence-corrected chi connectivity index (χ4v) is 2.50. The second-order valence-electron chi connectivity index (χ2n) is 5.46. The van der Waals surface area contributed by atoms with E-state index in [-0.39, 0.29) is 0 Å². The molecule has 0 atom stereocenters. The van der Waals surface area contributed by atoms with E-state index in [1.54, 1.807) is 6.21 Å². The maximum Gasteiger partial charge on any atom is 0.100 e. The van der Waals surface area contributed by atoms with Gasteiger partial charge in [-0.3, -0.25) is 0 Å². The summed E-state index contributed by atoms with van der Waals surface area (Å²) in [7, 11) is 0. The molecule has 1 N–H and O–H groups in total. The van der Waals surface area contributed by atoms with Gasteiger partial charge in [-0.1, -0.05) is 60.7 Å². The van der Waals surface area contributed by atoms with Gasteiger partial charge in [-0.2, -0.15) is 5.10 Å². The number of nitrogens with one attached hydrogen (secondary N) is 1. The van der Waals surface area contributed by atoms with E-state index < -0.39 is 0 Å². The Labute approximate surface area is 136 Å². The molecule has 0 amide bonds. The van der Waals surface area contributed by atoms with E-state index in [1.165, 1.54) is 0 Å². The molecule has 3 heteroatoms. The van der Waals surface area contributed by atoms with Crippen LogP contribution in [0.2, 0.25) is 0 Å². The van der Waals surface area contributed by atoms with Crippen molar-refractivity contribution in [3.8, 4) is 0 Å². The largest absolute Gasteiger partial charge is 0.362 e. The van der Waals surface area contributed by atoms with Crippen molar-refractivity contribution in [2.45, 2.75) is 13.8 Å². The molecule has 0 aliphatic rings. The lowest BCUT2D eigenvalue weighted by atomic mass is 10.0. The van der Waals surface area contributed by atoms with Crippen LogP contribution in [-0.2, 0) is 0 Å². The van der Waals surface area contributed by atoms with E-state index in [0.717, 1.165) is 33.8 Å². The molecule has 1 aromatic heterocycles. The normalized spacial score (nSPS) is 10.9. The van der Waals surface area contributed by atoms with Crippen molar-refractivity contribution < 1.29 is 0 Å². The first-order valence-electron chi connectivity index (χ1n) is 7.62. The smallest absolute Gasteiger partial charge is 0.100 e. The molecule has 0 fully saturated rings. The van der Waals surface area contributed by atoms with Crippen LogP contribution in [-0.4, -0.2) is 16.9 Å². The number of H-pyrrole nitrogens is 1. The molecular formula is C20H19N3. The summed E-state index contributed by atoms with van der Waals surface area (Å²) in [6.45, 7) is 4.07. The van der Waals surface area contributed by atoms with Crippen molar-refractivity contribution in [1.82, 2.24) is 4.98 Å². The van der Waals surface area contributed by atoms with Crippen LogP contribution in [0.4, 0.5) is 0 Å². The van der Waals surface area contributed by atoms with E-state index in [2.05, 4.69) is 21.3 Å². The number of nitrogens with zero attached hydrogens (tertiary/aromatic N) is 2. The molecule has 114 valence electrons. The van der Waals surface area contributed by atoms with Crippen LogP contribution >= 0.6 is 0 Å². The van der Waals surface area contributed by atoms with Gasteiger partial charge >= 0.3 is 0 Å². The second-order valence-corrected chi connectivity index (χ2v) is 5.46. The summed E-state index contributed by atoms with van der Waals surface area (Å²) in [6.07, 6.45) is 1.80. The van der Waals surface area contributed by atoms with Crippen molar-refractivity contribution in [3.05, 3.63) is 94.8 Å². The van der Waals surface area contributed by atoms with Gasteiger partial charge in [0.2, 0.25) is 0 Å². The fraction of sp³-hybridized carbons (Fsp3) is 0.100. The van der Waals surface area contributed by atoms with E-state index in [0.29, 0.717) is 0 Å². The van der Waals surface area contributed by atoms with E-state index >= 15 is 0 Å². The Balaban J connectivity index is 1.97. The Morgan fingerprint density at radius 3 is 1.91 bits per heavy atom. The first-order valence-corrected chi connectivity index (χ1v) is 7.62. The molecule has 0 saturated carbocycles. The topological polar surface area (TPSA) is 40.5 Å². The number of hydrogen-bond donors (Lipinski definition) is 1. The van der Waals surface area contributed by atoms with Crippen molar-refractivity contribution in [1.29, 1.82) is 0 Å². The number of aromatic nitrogens is 1. The molecule has 0 bridgehead atoms. The molecule has 23 heavy (non-hydrogen) atoms. The molecule has 3 nitrogen and oxygen atoms in total. The fourth-order valence-electron chi connectivity index (χ4n) is 2.50. The SMILES string of the molecule is Cc1cc(/C=N/N=C(c2ccccc2)c2ccccc2)c(C)[nH]1. The third kappa shape index (κ3) is 3.64. The number of aromatic amines is 1. The van der Waals surface area contributed by atoms with Crippen LogP contribution in [0.5, 0.6) is 0 Å². The van der Waals surface area contributed by atoms with Gasteiger partial charge in [-0.05, 0) is 19.9 Å². The van der Waals surface area contributed by atoms with E-state index in [4.69, 9.17) is 0 Å². The monoisotopic (exact) mass is 301 g/mol. The van der Waals surface area contributed by atoms with Crippen LogP contribution in [0.15, 0.2) is 76.9 Å². The first-order chi connectivity index (χ1) is 11.2. The number of aryl methyl sites for hydroxylation is 2. The van der Waals surface area contributed by atoms with Crippen molar-refractivity contribution >= 4 is 11.9 Å². The van der Waals surface area contributed by atoms with Gasteiger partial charge < -0.3 is 4.98 Å². The molecule has 0 radical (unpaired) electrons. The van der Waals surface area contributed by atoms with Crippen LogP contribution in [0.3, 0.4) is 0 Å². The average Bonchev–Trinajstić information content (AvgIpc) is 2.91. The lowest BCUT2D eigenvalue weighted by Gasteiger charge is -2.04. The molecule has 1 heterocycles. The summed E-state index contributed by atoms with van der Waals surface area (Å²) < 4.78 is 0. The number of hydrogen-bond acceptors (Lipinski definition) is 2. The van der Waals surface area contributed by atoms with Crippen LogP contribution < -0.4 is 0 Å². The highest BCUT2D eigenvalue weighted by Crippen LogP contribution is 2.12. The van der Waals surface area contributed by atoms with Gasteiger partial charge in [-0.25, -0.2) is 0 Å². The summed E-state index contributed by atoms with van der Waals surface area (Å²) in [5, 5.41) is 8.79.